The maximum atomic E-state index is 8.85. The highest BCUT2D eigenvalue weighted by Crippen LogP contribution is 2.17. The second-order valence-electron chi connectivity index (χ2n) is 3.40. The van der Waals surface area contributed by atoms with E-state index in [9.17, 15) is 0 Å². The lowest BCUT2D eigenvalue weighted by Gasteiger charge is -2.10. The van der Waals surface area contributed by atoms with E-state index in [0.717, 1.165) is 12.2 Å². The van der Waals surface area contributed by atoms with E-state index < -0.39 is 0 Å². The molecular weight excluding hydrogens is 194 g/mol. The molecular formula is C11H17NOS. The summed E-state index contributed by atoms with van der Waals surface area (Å²) in [5, 5.41) is 12.1. The zero-order chi connectivity index (χ0) is 10.4. The summed E-state index contributed by atoms with van der Waals surface area (Å²) in [6, 6.07) is 8.32. The maximum Gasteiger partial charge on any atom is 0.0473 e. The van der Waals surface area contributed by atoms with Gasteiger partial charge in [-0.05, 0) is 36.4 Å². The first-order chi connectivity index (χ1) is 6.76. The van der Waals surface area contributed by atoms with Crippen molar-refractivity contribution in [2.45, 2.75) is 11.8 Å². The van der Waals surface area contributed by atoms with Crippen LogP contribution in [-0.4, -0.2) is 24.5 Å². The van der Waals surface area contributed by atoms with Crippen molar-refractivity contribution < 1.29 is 5.11 Å². The SMILES string of the molecule is CSc1ccc(NCC(C)CO)cc1. The highest BCUT2D eigenvalue weighted by Gasteiger charge is 1.99. The summed E-state index contributed by atoms with van der Waals surface area (Å²) in [7, 11) is 0. The van der Waals surface area contributed by atoms with Gasteiger partial charge in [-0.25, -0.2) is 0 Å². The molecule has 0 spiro atoms. The van der Waals surface area contributed by atoms with Gasteiger partial charge < -0.3 is 10.4 Å². The van der Waals surface area contributed by atoms with Crippen molar-refractivity contribution in [3.8, 4) is 0 Å². The molecule has 0 radical (unpaired) electrons. The van der Waals surface area contributed by atoms with Crippen molar-refractivity contribution >= 4 is 17.4 Å². The second-order valence-corrected chi connectivity index (χ2v) is 4.28. The van der Waals surface area contributed by atoms with Crippen LogP contribution in [0.5, 0.6) is 0 Å². The Bertz CT molecular complexity index is 260. The smallest absolute Gasteiger partial charge is 0.0473 e. The van der Waals surface area contributed by atoms with Crippen molar-refractivity contribution in [3.05, 3.63) is 24.3 Å². The molecule has 0 amide bonds. The summed E-state index contributed by atoms with van der Waals surface area (Å²) in [5.74, 6) is 0.301. The zero-order valence-electron chi connectivity index (χ0n) is 8.66. The van der Waals surface area contributed by atoms with Crippen molar-refractivity contribution in [3.63, 3.8) is 0 Å². The van der Waals surface area contributed by atoms with Gasteiger partial charge in [-0.2, -0.15) is 0 Å². The van der Waals surface area contributed by atoms with E-state index in [1.165, 1.54) is 4.90 Å². The van der Waals surface area contributed by atoms with Crippen molar-refractivity contribution in [2.75, 3.05) is 24.7 Å². The van der Waals surface area contributed by atoms with Gasteiger partial charge in [0.05, 0.1) is 0 Å². The van der Waals surface area contributed by atoms with Crippen LogP contribution in [0, 0.1) is 5.92 Å². The van der Waals surface area contributed by atoms with Gasteiger partial charge in [-0.1, -0.05) is 6.92 Å². The van der Waals surface area contributed by atoms with Crippen molar-refractivity contribution in [1.29, 1.82) is 0 Å². The van der Waals surface area contributed by atoms with Crippen molar-refractivity contribution in [1.82, 2.24) is 0 Å². The molecule has 2 N–H and O–H groups in total. The molecule has 0 fully saturated rings. The fourth-order valence-corrected chi connectivity index (χ4v) is 1.47. The van der Waals surface area contributed by atoms with Gasteiger partial charge in [0.1, 0.15) is 0 Å². The summed E-state index contributed by atoms with van der Waals surface area (Å²) in [5.41, 5.74) is 1.11. The Labute approximate surface area is 89.7 Å². The summed E-state index contributed by atoms with van der Waals surface area (Å²) < 4.78 is 0. The average Bonchev–Trinajstić information content (AvgIpc) is 2.26. The number of benzene rings is 1. The first-order valence-electron chi connectivity index (χ1n) is 4.75. The van der Waals surface area contributed by atoms with E-state index >= 15 is 0 Å². The number of aliphatic hydroxyl groups excluding tert-OH is 1. The minimum Gasteiger partial charge on any atom is -0.396 e. The Morgan fingerprint density at radius 2 is 2.00 bits per heavy atom. The number of anilines is 1. The van der Waals surface area contributed by atoms with Gasteiger partial charge in [0.2, 0.25) is 0 Å². The molecule has 1 aromatic rings. The minimum atomic E-state index is 0.232. The molecule has 1 atom stereocenters. The van der Waals surface area contributed by atoms with E-state index in [2.05, 4.69) is 35.8 Å². The summed E-state index contributed by atoms with van der Waals surface area (Å²) in [6.07, 6.45) is 2.07. The van der Waals surface area contributed by atoms with Crippen LogP contribution in [0.2, 0.25) is 0 Å². The molecule has 14 heavy (non-hydrogen) atoms. The number of hydrogen-bond acceptors (Lipinski definition) is 3. The maximum absolute atomic E-state index is 8.85. The molecule has 3 heteroatoms. The summed E-state index contributed by atoms with van der Waals surface area (Å²) in [6.45, 7) is 3.06. The Balaban J connectivity index is 2.43. The molecule has 78 valence electrons. The van der Waals surface area contributed by atoms with E-state index in [1.807, 2.05) is 6.92 Å². The lowest BCUT2D eigenvalue weighted by Crippen LogP contribution is -2.14. The fourth-order valence-electron chi connectivity index (χ4n) is 1.07. The Morgan fingerprint density at radius 3 is 2.50 bits per heavy atom. The molecule has 0 aliphatic carbocycles. The number of aliphatic hydroxyl groups is 1. The van der Waals surface area contributed by atoms with Gasteiger partial charge in [-0.3, -0.25) is 0 Å². The third-order valence-corrected chi connectivity index (χ3v) is 2.80. The Hall–Kier alpha value is -0.670. The monoisotopic (exact) mass is 211 g/mol. The number of rotatable bonds is 5. The van der Waals surface area contributed by atoms with Crippen LogP contribution in [0.15, 0.2) is 29.2 Å². The first kappa shape index (κ1) is 11.4. The molecule has 0 heterocycles. The lowest BCUT2D eigenvalue weighted by molar-refractivity contribution is 0.244. The van der Waals surface area contributed by atoms with Crippen LogP contribution in [0.4, 0.5) is 5.69 Å². The predicted molar refractivity (Wildman–Crippen MR) is 63.0 cm³/mol. The number of hydrogen-bond donors (Lipinski definition) is 2. The molecule has 1 aromatic carbocycles. The van der Waals surface area contributed by atoms with Crippen LogP contribution in [0.1, 0.15) is 6.92 Å². The molecule has 0 aliphatic rings. The number of thioether (sulfide) groups is 1. The predicted octanol–water partition coefficient (Wildman–Crippen LogP) is 2.45. The molecule has 2 nitrogen and oxygen atoms in total. The molecule has 0 bridgehead atoms. The summed E-state index contributed by atoms with van der Waals surface area (Å²) >= 11 is 1.74. The third-order valence-electron chi connectivity index (χ3n) is 2.06. The highest BCUT2D eigenvalue weighted by atomic mass is 32.2. The van der Waals surface area contributed by atoms with Crippen LogP contribution < -0.4 is 5.32 Å². The van der Waals surface area contributed by atoms with Gasteiger partial charge in [0.15, 0.2) is 0 Å². The average molecular weight is 211 g/mol. The van der Waals surface area contributed by atoms with Crippen LogP contribution in [0.25, 0.3) is 0 Å². The van der Waals surface area contributed by atoms with Gasteiger partial charge in [0, 0.05) is 23.7 Å². The quantitative estimate of drug-likeness (QED) is 0.734. The Kier molecular flexibility index (Phi) is 4.84. The van der Waals surface area contributed by atoms with E-state index in [1.54, 1.807) is 11.8 Å². The van der Waals surface area contributed by atoms with Gasteiger partial charge >= 0.3 is 0 Å². The van der Waals surface area contributed by atoms with E-state index in [-0.39, 0.29) is 6.61 Å². The standard InChI is InChI=1S/C11H17NOS/c1-9(8-13)7-12-10-3-5-11(14-2)6-4-10/h3-6,9,12-13H,7-8H2,1-2H3. The molecule has 0 saturated heterocycles. The topological polar surface area (TPSA) is 32.3 Å². The van der Waals surface area contributed by atoms with Gasteiger partial charge in [-0.15, -0.1) is 11.8 Å². The van der Waals surface area contributed by atoms with Crippen LogP contribution >= 0.6 is 11.8 Å². The number of nitrogens with one attached hydrogen (secondary N) is 1. The third kappa shape index (κ3) is 3.60. The van der Waals surface area contributed by atoms with Crippen LogP contribution in [-0.2, 0) is 0 Å². The normalized spacial score (nSPS) is 12.5. The van der Waals surface area contributed by atoms with E-state index in [0.29, 0.717) is 5.92 Å². The minimum absolute atomic E-state index is 0.232. The molecule has 0 saturated carbocycles. The first-order valence-corrected chi connectivity index (χ1v) is 5.97. The van der Waals surface area contributed by atoms with E-state index in [4.69, 9.17) is 5.11 Å². The second kappa shape index (κ2) is 5.94. The molecule has 1 unspecified atom stereocenters. The molecule has 0 aliphatic heterocycles. The fraction of sp³-hybridized carbons (Fsp3) is 0.455. The molecule has 0 aromatic heterocycles. The molecule has 1 rings (SSSR count). The largest absolute Gasteiger partial charge is 0.396 e. The summed E-state index contributed by atoms with van der Waals surface area (Å²) in [4.78, 5) is 1.27. The Morgan fingerprint density at radius 1 is 1.36 bits per heavy atom. The van der Waals surface area contributed by atoms with Crippen molar-refractivity contribution in [2.24, 2.45) is 5.92 Å². The van der Waals surface area contributed by atoms with Gasteiger partial charge in [0.25, 0.3) is 0 Å². The van der Waals surface area contributed by atoms with Crippen LogP contribution in [0.3, 0.4) is 0 Å². The highest BCUT2D eigenvalue weighted by molar-refractivity contribution is 7.98. The zero-order valence-corrected chi connectivity index (χ0v) is 9.47. The lowest BCUT2D eigenvalue weighted by atomic mass is 10.2.